The van der Waals surface area contributed by atoms with Crippen LogP contribution in [0.5, 0.6) is 5.75 Å². The largest absolute Gasteiger partial charge is 0.481 e. The number of benzene rings is 2. The summed E-state index contributed by atoms with van der Waals surface area (Å²) in [5.41, 5.74) is 3.75. The molecule has 28 heavy (non-hydrogen) atoms. The van der Waals surface area contributed by atoms with Crippen molar-refractivity contribution in [2.45, 2.75) is 58.7 Å². The molecule has 1 aliphatic heterocycles. The summed E-state index contributed by atoms with van der Waals surface area (Å²) in [6, 6.07) is 16.4. The number of likely N-dealkylation sites (tertiary alicyclic amines) is 1. The number of amides is 1. The summed E-state index contributed by atoms with van der Waals surface area (Å²) in [5.74, 6) is 0.687. The summed E-state index contributed by atoms with van der Waals surface area (Å²) in [6.45, 7) is 7.94. The molecule has 4 nitrogen and oxygen atoms in total. The van der Waals surface area contributed by atoms with E-state index in [9.17, 15) is 4.79 Å². The average molecular weight is 381 g/mol. The molecular weight excluding hydrogens is 348 g/mol. The monoisotopic (exact) mass is 380 g/mol. The Morgan fingerprint density at radius 2 is 1.71 bits per heavy atom. The first-order chi connectivity index (χ1) is 13.7. The molecule has 0 radical (unpaired) electrons. The maximum absolute atomic E-state index is 12.7. The highest BCUT2D eigenvalue weighted by molar-refractivity contribution is 5.81. The minimum atomic E-state index is -0.474. The third-order valence-corrected chi connectivity index (χ3v) is 5.44. The first-order valence-electron chi connectivity index (χ1n) is 10.5. The minimum Gasteiger partial charge on any atom is -0.481 e. The van der Waals surface area contributed by atoms with E-state index in [1.165, 1.54) is 42.6 Å². The van der Waals surface area contributed by atoms with Crippen molar-refractivity contribution in [1.82, 2.24) is 10.2 Å². The molecule has 2 aromatic carbocycles. The highest BCUT2D eigenvalue weighted by Gasteiger charge is 2.19. The van der Waals surface area contributed by atoms with Crippen molar-refractivity contribution in [3.63, 3.8) is 0 Å². The van der Waals surface area contributed by atoms with Crippen LogP contribution in [0.2, 0.25) is 0 Å². The van der Waals surface area contributed by atoms with Crippen molar-refractivity contribution in [2.75, 3.05) is 13.1 Å². The van der Waals surface area contributed by atoms with Gasteiger partial charge in [0.05, 0.1) is 0 Å². The van der Waals surface area contributed by atoms with Gasteiger partial charge >= 0.3 is 0 Å². The summed E-state index contributed by atoms with van der Waals surface area (Å²) in [4.78, 5) is 15.2. The standard InChI is InChI=1S/C24H32N2O2/c1-3-19-11-13-22(14-12-19)28-23(4-2)24(27)25-17-20-9-5-6-10-21(20)18-26-15-7-8-16-26/h5-6,9-14,23H,3-4,7-8,15-18H2,1-2H3,(H,25,27)/t23-/m1/s1. The topological polar surface area (TPSA) is 41.6 Å². The first kappa shape index (κ1) is 20.4. The van der Waals surface area contributed by atoms with E-state index in [1.54, 1.807) is 0 Å². The van der Waals surface area contributed by atoms with E-state index in [4.69, 9.17) is 4.74 Å². The predicted octanol–water partition coefficient (Wildman–Crippen LogP) is 4.32. The molecule has 3 rings (SSSR count). The lowest BCUT2D eigenvalue weighted by Crippen LogP contribution is -2.37. The van der Waals surface area contributed by atoms with E-state index in [0.717, 1.165) is 18.7 Å². The quantitative estimate of drug-likeness (QED) is 0.704. The Labute approximate surface area is 168 Å². The number of hydrogen-bond acceptors (Lipinski definition) is 3. The molecule has 0 saturated carbocycles. The van der Waals surface area contributed by atoms with Gasteiger partial charge in [-0.25, -0.2) is 0 Å². The first-order valence-corrected chi connectivity index (χ1v) is 10.5. The van der Waals surface area contributed by atoms with Gasteiger partial charge in [-0.3, -0.25) is 9.69 Å². The lowest BCUT2D eigenvalue weighted by Gasteiger charge is -2.20. The smallest absolute Gasteiger partial charge is 0.261 e. The van der Waals surface area contributed by atoms with Crippen LogP contribution < -0.4 is 10.1 Å². The number of carbonyl (C=O) groups is 1. The van der Waals surface area contributed by atoms with Gasteiger partial charge in [0.2, 0.25) is 0 Å². The molecule has 2 aromatic rings. The number of rotatable bonds is 9. The Bertz CT molecular complexity index is 751. The number of hydrogen-bond donors (Lipinski definition) is 1. The molecular formula is C24H32N2O2. The van der Waals surface area contributed by atoms with Gasteiger partial charge in [-0.05, 0) is 67.6 Å². The normalized spacial score (nSPS) is 15.4. The van der Waals surface area contributed by atoms with Crippen molar-refractivity contribution >= 4 is 5.91 Å². The molecule has 1 atom stereocenters. The van der Waals surface area contributed by atoms with Gasteiger partial charge in [-0.2, -0.15) is 0 Å². The lowest BCUT2D eigenvalue weighted by molar-refractivity contribution is -0.128. The van der Waals surface area contributed by atoms with Crippen LogP contribution in [0.4, 0.5) is 0 Å². The number of nitrogens with zero attached hydrogens (tertiary/aromatic N) is 1. The Morgan fingerprint density at radius 1 is 1.04 bits per heavy atom. The van der Waals surface area contributed by atoms with Crippen molar-refractivity contribution in [3.8, 4) is 5.75 Å². The van der Waals surface area contributed by atoms with E-state index >= 15 is 0 Å². The van der Waals surface area contributed by atoms with Gasteiger partial charge in [-0.15, -0.1) is 0 Å². The third-order valence-electron chi connectivity index (χ3n) is 5.44. The molecule has 0 aromatic heterocycles. The van der Waals surface area contributed by atoms with Crippen LogP contribution in [0.25, 0.3) is 0 Å². The van der Waals surface area contributed by atoms with Gasteiger partial charge in [0.25, 0.3) is 5.91 Å². The maximum atomic E-state index is 12.7. The molecule has 1 saturated heterocycles. The summed E-state index contributed by atoms with van der Waals surface area (Å²) in [6.07, 6.45) is 3.73. The van der Waals surface area contributed by atoms with Crippen LogP contribution >= 0.6 is 0 Å². The molecule has 1 amide bonds. The van der Waals surface area contributed by atoms with Crippen molar-refractivity contribution in [2.24, 2.45) is 0 Å². The summed E-state index contributed by atoms with van der Waals surface area (Å²) in [7, 11) is 0. The minimum absolute atomic E-state index is 0.0574. The van der Waals surface area contributed by atoms with Crippen molar-refractivity contribution in [3.05, 3.63) is 65.2 Å². The van der Waals surface area contributed by atoms with Gasteiger partial charge < -0.3 is 10.1 Å². The SMILES string of the molecule is CCc1ccc(O[C@H](CC)C(=O)NCc2ccccc2CN2CCCC2)cc1. The van der Waals surface area contributed by atoms with Crippen LogP contribution in [0.3, 0.4) is 0 Å². The average Bonchev–Trinajstić information content (AvgIpc) is 3.24. The summed E-state index contributed by atoms with van der Waals surface area (Å²) >= 11 is 0. The van der Waals surface area contributed by atoms with Crippen LogP contribution in [-0.4, -0.2) is 30.0 Å². The number of ether oxygens (including phenoxy) is 1. The molecule has 0 bridgehead atoms. The van der Waals surface area contributed by atoms with Crippen molar-refractivity contribution in [1.29, 1.82) is 0 Å². The maximum Gasteiger partial charge on any atom is 0.261 e. The Kier molecular flexibility index (Phi) is 7.49. The molecule has 1 fully saturated rings. The number of aryl methyl sites for hydroxylation is 1. The molecule has 4 heteroatoms. The van der Waals surface area contributed by atoms with Crippen LogP contribution in [0.15, 0.2) is 48.5 Å². The fraction of sp³-hybridized carbons (Fsp3) is 0.458. The Balaban J connectivity index is 1.57. The Morgan fingerprint density at radius 3 is 2.36 bits per heavy atom. The zero-order chi connectivity index (χ0) is 19.8. The fourth-order valence-electron chi connectivity index (χ4n) is 3.65. The van der Waals surface area contributed by atoms with E-state index in [-0.39, 0.29) is 5.91 Å². The Hall–Kier alpha value is -2.33. The van der Waals surface area contributed by atoms with Gasteiger partial charge in [0, 0.05) is 13.1 Å². The van der Waals surface area contributed by atoms with Gasteiger partial charge in [-0.1, -0.05) is 50.2 Å². The fourth-order valence-corrected chi connectivity index (χ4v) is 3.65. The second kappa shape index (κ2) is 10.3. The number of nitrogens with one attached hydrogen (secondary N) is 1. The highest BCUT2D eigenvalue weighted by atomic mass is 16.5. The van der Waals surface area contributed by atoms with E-state index in [1.807, 2.05) is 25.1 Å². The molecule has 150 valence electrons. The predicted molar refractivity (Wildman–Crippen MR) is 113 cm³/mol. The summed E-state index contributed by atoms with van der Waals surface area (Å²) < 4.78 is 5.93. The van der Waals surface area contributed by atoms with E-state index < -0.39 is 6.10 Å². The molecule has 0 spiro atoms. The second-order valence-electron chi connectivity index (χ2n) is 7.48. The lowest BCUT2D eigenvalue weighted by atomic mass is 10.1. The van der Waals surface area contributed by atoms with Crippen LogP contribution in [0, 0.1) is 0 Å². The highest BCUT2D eigenvalue weighted by Crippen LogP contribution is 2.17. The number of carbonyl (C=O) groups excluding carboxylic acids is 1. The molecule has 0 unspecified atom stereocenters. The zero-order valence-corrected chi connectivity index (χ0v) is 17.1. The molecule has 1 N–H and O–H groups in total. The van der Waals surface area contributed by atoms with Gasteiger partial charge in [0.1, 0.15) is 5.75 Å². The molecule has 0 aliphatic carbocycles. The summed E-state index contributed by atoms with van der Waals surface area (Å²) in [5, 5.41) is 3.08. The third kappa shape index (κ3) is 5.59. The van der Waals surface area contributed by atoms with Crippen molar-refractivity contribution < 1.29 is 9.53 Å². The zero-order valence-electron chi connectivity index (χ0n) is 17.1. The van der Waals surface area contributed by atoms with Crippen LogP contribution in [0.1, 0.15) is 49.8 Å². The van der Waals surface area contributed by atoms with E-state index in [0.29, 0.717) is 13.0 Å². The second-order valence-corrected chi connectivity index (χ2v) is 7.48. The molecule has 1 heterocycles. The van der Waals surface area contributed by atoms with E-state index in [2.05, 4.69) is 47.5 Å². The van der Waals surface area contributed by atoms with Crippen LogP contribution in [-0.2, 0) is 24.3 Å². The molecule has 1 aliphatic rings. The van der Waals surface area contributed by atoms with Gasteiger partial charge in [0.15, 0.2) is 6.10 Å².